The molecule has 0 spiro atoms. The summed E-state index contributed by atoms with van der Waals surface area (Å²) in [4.78, 5) is 3.77. The van der Waals surface area contributed by atoms with Gasteiger partial charge in [-0.05, 0) is 18.2 Å². The van der Waals surface area contributed by atoms with Gasteiger partial charge in [0.1, 0.15) is 5.15 Å². The molecular weight excluding hydrogens is 342 g/mol. The van der Waals surface area contributed by atoms with E-state index in [4.69, 9.17) is 11.6 Å². The summed E-state index contributed by atoms with van der Waals surface area (Å²) in [7, 11) is -2.16. The number of hydrogen-bond acceptors (Lipinski definition) is 3. The second kappa shape index (κ2) is 4.91. The zero-order chi connectivity index (χ0) is 13.3. The minimum atomic E-state index is -3.77. The first-order valence-electron chi connectivity index (χ1n) is 4.85. The Kier molecular flexibility index (Phi) is 3.65. The van der Waals surface area contributed by atoms with E-state index in [1.807, 2.05) is 0 Å². The third-order valence-electron chi connectivity index (χ3n) is 2.17. The maximum absolute atomic E-state index is 12.1. The van der Waals surface area contributed by atoms with Gasteiger partial charge in [-0.1, -0.05) is 33.6 Å². The topological polar surface area (TPSA) is 64.0 Å². The van der Waals surface area contributed by atoms with Crippen LogP contribution in [0.15, 0.2) is 40.1 Å². The van der Waals surface area contributed by atoms with E-state index in [-0.39, 0.29) is 10.2 Å². The average molecular weight is 351 g/mol. The van der Waals surface area contributed by atoms with E-state index < -0.39 is 10.0 Å². The Labute approximate surface area is 118 Å². The molecule has 18 heavy (non-hydrogen) atoms. The van der Waals surface area contributed by atoms with Crippen LogP contribution in [0.5, 0.6) is 0 Å². The number of nitrogens with one attached hydrogen (secondary N) is 1. The van der Waals surface area contributed by atoms with Gasteiger partial charge in [-0.3, -0.25) is 4.72 Å². The number of nitrogens with zero attached hydrogens (tertiary/aromatic N) is 2. The lowest BCUT2D eigenvalue weighted by Crippen LogP contribution is -2.14. The fourth-order valence-electron chi connectivity index (χ4n) is 1.33. The SMILES string of the molecule is Cn1cnc(S(=O)(=O)Nc2cccc(Br)c2)c1Cl. The number of rotatable bonds is 3. The molecule has 2 aromatic rings. The third-order valence-corrected chi connectivity index (χ3v) is 4.53. The highest BCUT2D eigenvalue weighted by Crippen LogP contribution is 2.23. The Morgan fingerprint density at radius 1 is 1.44 bits per heavy atom. The molecule has 1 heterocycles. The summed E-state index contributed by atoms with van der Waals surface area (Å²) in [5, 5.41) is -0.121. The molecule has 1 aromatic carbocycles. The van der Waals surface area contributed by atoms with Crippen LogP contribution < -0.4 is 4.72 Å². The Balaban J connectivity index is 2.36. The molecule has 2 rings (SSSR count). The van der Waals surface area contributed by atoms with Crippen molar-refractivity contribution < 1.29 is 8.42 Å². The van der Waals surface area contributed by atoms with Crippen molar-refractivity contribution in [2.24, 2.45) is 7.05 Å². The Morgan fingerprint density at radius 2 is 2.17 bits per heavy atom. The third kappa shape index (κ3) is 2.68. The van der Waals surface area contributed by atoms with E-state index in [2.05, 4.69) is 25.6 Å². The second-order valence-corrected chi connectivity index (χ2v) is 6.44. The molecule has 8 heteroatoms. The van der Waals surface area contributed by atoms with Crippen LogP contribution in [0.2, 0.25) is 5.15 Å². The second-order valence-electron chi connectivity index (χ2n) is 3.57. The largest absolute Gasteiger partial charge is 0.324 e. The molecule has 0 aliphatic heterocycles. The van der Waals surface area contributed by atoms with E-state index in [9.17, 15) is 8.42 Å². The van der Waals surface area contributed by atoms with Crippen LogP contribution in [0.4, 0.5) is 5.69 Å². The summed E-state index contributed by atoms with van der Waals surface area (Å²) < 4.78 is 28.7. The van der Waals surface area contributed by atoms with Gasteiger partial charge in [0.25, 0.3) is 10.0 Å². The molecule has 0 atom stereocenters. The predicted molar refractivity (Wildman–Crippen MR) is 73.2 cm³/mol. The van der Waals surface area contributed by atoms with Crippen molar-refractivity contribution in [3.63, 3.8) is 0 Å². The molecule has 5 nitrogen and oxygen atoms in total. The number of hydrogen-bond donors (Lipinski definition) is 1. The van der Waals surface area contributed by atoms with Crippen LogP contribution in [0.3, 0.4) is 0 Å². The molecule has 0 unspecified atom stereocenters. The van der Waals surface area contributed by atoms with Crippen molar-refractivity contribution in [1.29, 1.82) is 0 Å². The first-order chi connectivity index (χ1) is 8.40. The van der Waals surface area contributed by atoms with Gasteiger partial charge < -0.3 is 4.57 Å². The first kappa shape index (κ1) is 13.4. The fourth-order valence-corrected chi connectivity index (χ4v) is 3.21. The van der Waals surface area contributed by atoms with Gasteiger partial charge in [0.05, 0.1) is 6.33 Å². The standard InChI is InChI=1S/C10H9BrClN3O2S/c1-15-6-13-10(9(15)12)18(16,17)14-8-4-2-3-7(11)5-8/h2-6,14H,1H3. The molecule has 1 aromatic heterocycles. The molecular formula is C10H9BrClN3O2S. The molecule has 0 bridgehead atoms. The maximum Gasteiger partial charge on any atom is 0.282 e. The van der Waals surface area contributed by atoms with Crippen molar-refractivity contribution in [2.45, 2.75) is 5.03 Å². The molecule has 0 saturated carbocycles. The minimum Gasteiger partial charge on any atom is -0.324 e. The summed E-state index contributed by atoms with van der Waals surface area (Å²) in [6.45, 7) is 0. The van der Waals surface area contributed by atoms with Crippen molar-refractivity contribution in [3.8, 4) is 0 Å². The van der Waals surface area contributed by atoms with Gasteiger partial charge in [0, 0.05) is 17.2 Å². The Morgan fingerprint density at radius 3 is 2.72 bits per heavy atom. The van der Waals surface area contributed by atoms with E-state index >= 15 is 0 Å². The van der Waals surface area contributed by atoms with E-state index in [1.165, 1.54) is 10.9 Å². The summed E-state index contributed by atoms with van der Waals surface area (Å²) in [6, 6.07) is 6.81. The highest BCUT2D eigenvalue weighted by Gasteiger charge is 2.22. The van der Waals surface area contributed by atoms with Gasteiger partial charge in [-0.15, -0.1) is 0 Å². The summed E-state index contributed by atoms with van der Waals surface area (Å²) in [5.74, 6) is 0. The molecule has 0 radical (unpaired) electrons. The van der Waals surface area contributed by atoms with Crippen LogP contribution in [-0.4, -0.2) is 18.0 Å². The van der Waals surface area contributed by atoms with Crippen LogP contribution in [0.25, 0.3) is 0 Å². The predicted octanol–water partition coefficient (Wildman–Crippen LogP) is 2.64. The zero-order valence-electron chi connectivity index (χ0n) is 9.26. The molecule has 0 saturated heterocycles. The van der Waals surface area contributed by atoms with Crippen molar-refractivity contribution >= 4 is 43.2 Å². The summed E-state index contributed by atoms with van der Waals surface area (Å²) in [5.41, 5.74) is 0.436. The lowest BCUT2D eigenvalue weighted by Gasteiger charge is -2.06. The number of aromatic nitrogens is 2. The monoisotopic (exact) mass is 349 g/mol. The number of anilines is 1. The number of sulfonamides is 1. The minimum absolute atomic E-state index is 0.0671. The Bertz CT molecular complexity index is 684. The van der Waals surface area contributed by atoms with E-state index in [1.54, 1.807) is 31.3 Å². The molecule has 96 valence electrons. The normalized spacial score (nSPS) is 11.5. The van der Waals surface area contributed by atoms with Gasteiger partial charge >= 0.3 is 0 Å². The highest BCUT2D eigenvalue weighted by molar-refractivity contribution is 9.10. The summed E-state index contributed by atoms with van der Waals surface area (Å²) in [6.07, 6.45) is 1.35. The van der Waals surface area contributed by atoms with E-state index in [0.29, 0.717) is 5.69 Å². The van der Waals surface area contributed by atoms with Gasteiger partial charge in [-0.2, -0.15) is 8.42 Å². The van der Waals surface area contributed by atoms with Gasteiger partial charge in [-0.25, -0.2) is 4.98 Å². The first-order valence-corrected chi connectivity index (χ1v) is 7.51. The highest BCUT2D eigenvalue weighted by atomic mass is 79.9. The quantitative estimate of drug-likeness (QED) is 0.925. The average Bonchev–Trinajstić information content (AvgIpc) is 2.59. The van der Waals surface area contributed by atoms with Gasteiger partial charge in [0.2, 0.25) is 5.03 Å². The molecule has 1 N–H and O–H groups in total. The number of halogens is 2. The number of benzene rings is 1. The smallest absolute Gasteiger partial charge is 0.282 e. The van der Waals surface area contributed by atoms with Crippen LogP contribution >= 0.6 is 27.5 Å². The molecule has 0 amide bonds. The zero-order valence-corrected chi connectivity index (χ0v) is 12.4. The van der Waals surface area contributed by atoms with Crippen molar-refractivity contribution in [2.75, 3.05) is 4.72 Å². The maximum atomic E-state index is 12.1. The van der Waals surface area contributed by atoms with Crippen LogP contribution in [0, 0.1) is 0 Å². The van der Waals surface area contributed by atoms with Gasteiger partial charge in [0.15, 0.2) is 0 Å². The lowest BCUT2D eigenvalue weighted by atomic mass is 10.3. The number of aryl methyl sites for hydroxylation is 1. The molecule has 0 aliphatic carbocycles. The lowest BCUT2D eigenvalue weighted by molar-refractivity contribution is 0.598. The van der Waals surface area contributed by atoms with E-state index in [0.717, 1.165) is 4.47 Å². The van der Waals surface area contributed by atoms with Crippen LogP contribution in [0.1, 0.15) is 0 Å². The molecule has 0 fully saturated rings. The van der Waals surface area contributed by atoms with Crippen molar-refractivity contribution in [1.82, 2.24) is 9.55 Å². The Hall–Kier alpha value is -1.05. The van der Waals surface area contributed by atoms with Crippen LogP contribution in [-0.2, 0) is 17.1 Å². The van der Waals surface area contributed by atoms with Crippen molar-refractivity contribution in [3.05, 3.63) is 40.2 Å². The fraction of sp³-hybridized carbons (Fsp3) is 0.100. The number of imidazole rings is 1. The summed E-state index contributed by atoms with van der Waals surface area (Å²) >= 11 is 9.13. The molecule has 0 aliphatic rings.